The normalized spacial score (nSPS) is 12.5. The van der Waals surface area contributed by atoms with E-state index in [1.54, 1.807) is 0 Å². The van der Waals surface area contributed by atoms with E-state index in [0.29, 0.717) is 0 Å². The monoisotopic (exact) mass is 251 g/mol. The Kier molecular flexibility index (Phi) is 3.49. The first-order chi connectivity index (χ1) is 7.26. The minimum absolute atomic E-state index is 0.0730. The fraction of sp³-hybridized carbons (Fsp3) is 0.333. The molecule has 0 unspecified atom stereocenters. The smallest absolute Gasteiger partial charge is 0.291 e. The molecule has 1 aromatic carbocycles. The molecule has 0 heterocycles. The van der Waals surface area contributed by atoms with Gasteiger partial charge in [0.05, 0.1) is 12.7 Å². The maximum atomic E-state index is 13.6. The first kappa shape index (κ1) is 12.9. The van der Waals surface area contributed by atoms with Gasteiger partial charge in [0.2, 0.25) is 10.0 Å². The summed E-state index contributed by atoms with van der Waals surface area (Å²) in [7, 11) is -3.03. The van der Waals surface area contributed by atoms with E-state index < -0.39 is 27.3 Å². The fourth-order valence-corrected chi connectivity index (χ4v) is 1.94. The van der Waals surface area contributed by atoms with Gasteiger partial charge in [0.15, 0.2) is 0 Å². The predicted octanol–water partition coefficient (Wildman–Crippen LogP) is 1.08. The number of alkyl halides is 2. The van der Waals surface area contributed by atoms with Crippen molar-refractivity contribution in [1.82, 2.24) is 0 Å². The van der Waals surface area contributed by atoms with E-state index >= 15 is 0 Å². The lowest BCUT2D eigenvalue weighted by Crippen LogP contribution is -2.30. The van der Waals surface area contributed by atoms with E-state index in [9.17, 15) is 17.2 Å². The third kappa shape index (κ3) is 3.14. The zero-order valence-corrected chi connectivity index (χ0v) is 9.30. The molecule has 0 radical (unpaired) electrons. The maximum absolute atomic E-state index is 13.6. The zero-order chi connectivity index (χ0) is 12.4. The van der Waals surface area contributed by atoms with Crippen LogP contribution in [-0.4, -0.2) is 21.3 Å². The number of para-hydroxylation sites is 1. The Morgan fingerprint density at radius 3 is 2.44 bits per heavy atom. The van der Waals surface area contributed by atoms with Crippen LogP contribution in [0.15, 0.2) is 24.3 Å². The summed E-state index contributed by atoms with van der Waals surface area (Å²) in [6.45, 7) is 0. The number of methoxy groups -OCH3 is 1. The van der Waals surface area contributed by atoms with Gasteiger partial charge in [-0.1, -0.05) is 12.1 Å². The van der Waals surface area contributed by atoms with E-state index in [1.165, 1.54) is 25.3 Å². The molecular formula is C9H11F2NO3S. The molecule has 0 amide bonds. The molecule has 2 N–H and O–H groups in total. The number of primary sulfonamides is 1. The van der Waals surface area contributed by atoms with E-state index in [2.05, 4.69) is 5.14 Å². The largest absolute Gasteiger partial charge is 0.496 e. The second-order valence-corrected chi connectivity index (χ2v) is 4.83. The molecule has 0 aliphatic heterocycles. The first-order valence-electron chi connectivity index (χ1n) is 4.28. The number of ether oxygens (including phenoxy) is 1. The number of hydrogen-bond acceptors (Lipinski definition) is 3. The van der Waals surface area contributed by atoms with Gasteiger partial charge in [0.1, 0.15) is 11.5 Å². The van der Waals surface area contributed by atoms with Crippen molar-refractivity contribution in [3.63, 3.8) is 0 Å². The molecule has 4 nitrogen and oxygen atoms in total. The van der Waals surface area contributed by atoms with Crippen molar-refractivity contribution in [1.29, 1.82) is 0 Å². The van der Waals surface area contributed by atoms with Crippen molar-refractivity contribution < 1.29 is 21.9 Å². The highest BCUT2D eigenvalue weighted by Gasteiger charge is 2.38. The highest BCUT2D eigenvalue weighted by Crippen LogP contribution is 2.35. The third-order valence-corrected chi connectivity index (χ3v) is 2.65. The number of halogens is 2. The molecule has 0 fully saturated rings. The number of nitrogens with two attached hydrogens (primary N) is 1. The SMILES string of the molecule is COc1ccccc1C(F)(F)CS(N)(=O)=O. The van der Waals surface area contributed by atoms with E-state index in [-0.39, 0.29) is 5.75 Å². The van der Waals surface area contributed by atoms with Gasteiger partial charge < -0.3 is 4.74 Å². The summed E-state index contributed by atoms with van der Waals surface area (Å²) in [5.41, 5.74) is -0.494. The molecule has 16 heavy (non-hydrogen) atoms. The van der Waals surface area contributed by atoms with Gasteiger partial charge in [-0.3, -0.25) is 0 Å². The van der Waals surface area contributed by atoms with Gasteiger partial charge in [-0.25, -0.2) is 13.6 Å². The molecule has 1 rings (SSSR count). The molecule has 7 heteroatoms. The lowest BCUT2D eigenvalue weighted by molar-refractivity contribution is 0.0189. The average Bonchev–Trinajstić information content (AvgIpc) is 2.14. The van der Waals surface area contributed by atoms with E-state index in [0.717, 1.165) is 6.07 Å². The summed E-state index contributed by atoms with van der Waals surface area (Å²) in [5, 5.41) is 4.60. The van der Waals surface area contributed by atoms with Crippen LogP contribution in [0.3, 0.4) is 0 Å². The Labute approximate surface area is 92.1 Å². The van der Waals surface area contributed by atoms with Crippen LogP contribution in [0.5, 0.6) is 5.75 Å². The Balaban J connectivity index is 3.16. The van der Waals surface area contributed by atoms with Gasteiger partial charge in [0, 0.05) is 0 Å². The predicted molar refractivity (Wildman–Crippen MR) is 54.9 cm³/mol. The number of hydrogen-bond donors (Lipinski definition) is 1. The summed E-state index contributed by atoms with van der Waals surface area (Å²) in [4.78, 5) is 0. The fourth-order valence-electron chi connectivity index (χ4n) is 1.28. The van der Waals surface area contributed by atoms with Crippen molar-refractivity contribution in [2.24, 2.45) is 5.14 Å². The number of sulfonamides is 1. The lowest BCUT2D eigenvalue weighted by atomic mass is 10.1. The lowest BCUT2D eigenvalue weighted by Gasteiger charge is -2.17. The van der Waals surface area contributed by atoms with Crippen LogP contribution >= 0.6 is 0 Å². The summed E-state index contributed by atoms with van der Waals surface area (Å²) < 4.78 is 53.2. The molecule has 0 aromatic heterocycles. The molecular weight excluding hydrogens is 240 g/mol. The van der Waals surface area contributed by atoms with Crippen molar-refractivity contribution in [3.8, 4) is 5.75 Å². The highest BCUT2D eigenvalue weighted by atomic mass is 32.2. The van der Waals surface area contributed by atoms with Gasteiger partial charge >= 0.3 is 0 Å². The molecule has 0 saturated heterocycles. The van der Waals surface area contributed by atoms with Gasteiger partial charge in [0.25, 0.3) is 5.92 Å². The minimum Gasteiger partial charge on any atom is -0.496 e. The van der Waals surface area contributed by atoms with Gasteiger partial charge in [-0.15, -0.1) is 0 Å². The maximum Gasteiger partial charge on any atom is 0.291 e. The van der Waals surface area contributed by atoms with Crippen molar-refractivity contribution in [2.75, 3.05) is 12.9 Å². The second kappa shape index (κ2) is 4.34. The van der Waals surface area contributed by atoms with Crippen LogP contribution in [0.1, 0.15) is 5.56 Å². The summed E-state index contributed by atoms with van der Waals surface area (Å²) in [6.07, 6.45) is 0. The highest BCUT2D eigenvalue weighted by molar-refractivity contribution is 7.89. The summed E-state index contributed by atoms with van der Waals surface area (Å²) >= 11 is 0. The Bertz CT molecular complexity index is 473. The van der Waals surface area contributed by atoms with Crippen LogP contribution in [0.4, 0.5) is 8.78 Å². The van der Waals surface area contributed by atoms with Crippen molar-refractivity contribution in [2.45, 2.75) is 5.92 Å². The average molecular weight is 251 g/mol. The molecule has 1 aromatic rings. The van der Waals surface area contributed by atoms with E-state index in [4.69, 9.17) is 4.74 Å². The quantitative estimate of drug-likeness (QED) is 0.870. The van der Waals surface area contributed by atoms with Gasteiger partial charge in [-0.2, -0.15) is 8.78 Å². The van der Waals surface area contributed by atoms with Crippen LogP contribution in [0, 0.1) is 0 Å². The Morgan fingerprint density at radius 2 is 1.94 bits per heavy atom. The van der Waals surface area contributed by atoms with Crippen LogP contribution in [0.25, 0.3) is 0 Å². The molecule has 0 atom stereocenters. The Morgan fingerprint density at radius 1 is 1.38 bits per heavy atom. The molecule has 0 aliphatic carbocycles. The minimum atomic E-state index is -4.26. The Hall–Kier alpha value is -1.21. The van der Waals surface area contributed by atoms with Crippen molar-refractivity contribution in [3.05, 3.63) is 29.8 Å². The summed E-state index contributed by atoms with van der Waals surface area (Å²) in [6, 6.07) is 5.31. The van der Waals surface area contributed by atoms with Crippen LogP contribution < -0.4 is 9.88 Å². The van der Waals surface area contributed by atoms with Gasteiger partial charge in [-0.05, 0) is 12.1 Å². The number of benzene rings is 1. The topological polar surface area (TPSA) is 69.4 Å². The molecule has 0 aliphatic rings. The summed E-state index contributed by atoms with van der Waals surface area (Å²) in [5.74, 6) is -5.09. The third-order valence-electron chi connectivity index (χ3n) is 1.88. The molecule has 0 bridgehead atoms. The zero-order valence-electron chi connectivity index (χ0n) is 8.48. The first-order valence-corrected chi connectivity index (χ1v) is 5.99. The molecule has 90 valence electrons. The molecule has 0 saturated carbocycles. The van der Waals surface area contributed by atoms with Crippen molar-refractivity contribution >= 4 is 10.0 Å². The van der Waals surface area contributed by atoms with Crippen LogP contribution in [-0.2, 0) is 15.9 Å². The number of rotatable bonds is 4. The van der Waals surface area contributed by atoms with E-state index in [1.807, 2.05) is 0 Å². The standard InChI is InChI=1S/C9H11F2NO3S/c1-15-8-5-3-2-4-7(8)9(10,11)6-16(12,13)14/h2-5H,6H2,1H3,(H2,12,13,14). The molecule has 0 spiro atoms. The second-order valence-electron chi connectivity index (χ2n) is 3.21. The van der Waals surface area contributed by atoms with Crippen LogP contribution in [0.2, 0.25) is 0 Å².